The van der Waals surface area contributed by atoms with Crippen LogP contribution in [0.4, 0.5) is 4.39 Å². The molecule has 0 heterocycles. The summed E-state index contributed by atoms with van der Waals surface area (Å²) in [6.45, 7) is 4.41. The minimum atomic E-state index is -0.912. The van der Waals surface area contributed by atoms with E-state index in [2.05, 4.69) is 19.9 Å². The molecule has 3 rings (SSSR count). The van der Waals surface area contributed by atoms with Crippen molar-refractivity contribution in [3.05, 3.63) is 65.0 Å². The van der Waals surface area contributed by atoms with E-state index in [1.54, 1.807) is 12.1 Å². The largest absolute Gasteiger partial charge is 0.478 e. The highest BCUT2D eigenvalue weighted by Crippen LogP contribution is 2.39. The highest BCUT2D eigenvalue weighted by atomic mass is 19.1. The molecule has 0 radical (unpaired) electrons. The van der Waals surface area contributed by atoms with Crippen LogP contribution >= 0.6 is 0 Å². The molecule has 2 nitrogen and oxygen atoms in total. The zero-order valence-electron chi connectivity index (χ0n) is 20.3. The molecular formula is C30H39FO2. The fourth-order valence-electron chi connectivity index (χ4n) is 5.17. The Morgan fingerprint density at radius 2 is 1.70 bits per heavy atom. The van der Waals surface area contributed by atoms with E-state index in [0.29, 0.717) is 17.9 Å². The van der Waals surface area contributed by atoms with Crippen LogP contribution in [0, 0.1) is 5.92 Å². The first kappa shape index (κ1) is 25.2. The third-order valence-corrected chi connectivity index (χ3v) is 7.10. The van der Waals surface area contributed by atoms with Crippen molar-refractivity contribution in [3.63, 3.8) is 0 Å². The predicted octanol–water partition coefficient (Wildman–Crippen LogP) is 9.41. The Labute approximate surface area is 198 Å². The standard InChI is InChI=1S/C30H39FO2/c1-3-5-6-7-9-27(31)20-23-12-16-25(17-13-23)29-21-26(18-19-28(29)30(32)33)24-14-10-22(8-4-2)11-15-24/h12-13,16-22,24H,3-11,14-15H2,1-2H3,(H,32,33)/b27-20+. The van der Waals surface area contributed by atoms with Gasteiger partial charge in [0.05, 0.1) is 5.56 Å². The smallest absolute Gasteiger partial charge is 0.336 e. The molecule has 178 valence electrons. The number of carbonyl (C=O) groups is 1. The molecule has 1 N–H and O–H groups in total. The van der Waals surface area contributed by atoms with Crippen LogP contribution in [0.2, 0.25) is 0 Å². The maximum Gasteiger partial charge on any atom is 0.336 e. The van der Waals surface area contributed by atoms with Crippen LogP contribution in [0.25, 0.3) is 17.2 Å². The molecule has 33 heavy (non-hydrogen) atoms. The number of allylic oxidation sites excluding steroid dienone is 1. The number of benzene rings is 2. The fraction of sp³-hybridized carbons (Fsp3) is 0.500. The summed E-state index contributed by atoms with van der Waals surface area (Å²) < 4.78 is 14.2. The first-order valence-corrected chi connectivity index (χ1v) is 12.9. The molecule has 2 aromatic carbocycles. The van der Waals surface area contributed by atoms with Gasteiger partial charge in [0, 0.05) is 0 Å². The van der Waals surface area contributed by atoms with E-state index in [1.165, 1.54) is 44.1 Å². The van der Waals surface area contributed by atoms with Crippen LogP contribution < -0.4 is 0 Å². The van der Waals surface area contributed by atoms with Gasteiger partial charge in [0.2, 0.25) is 0 Å². The van der Waals surface area contributed by atoms with Gasteiger partial charge in [-0.1, -0.05) is 82.3 Å². The maximum absolute atomic E-state index is 14.2. The van der Waals surface area contributed by atoms with Gasteiger partial charge in [-0.3, -0.25) is 0 Å². The van der Waals surface area contributed by atoms with Crippen molar-refractivity contribution in [2.24, 2.45) is 5.92 Å². The lowest BCUT2D eigenvalue weighted by Crippen LogP contribution is -2.13. The van der Waals surface area contributed by atoms with Crippen LogP contribution in [-0.4, -0.2) is 11.1 Å². The van der Waals surface area contributed by atoms with Crippen molar-refractivity contribution in [2.75, 3.05) is 0 Å². The molecule has 0 aliphatic heterocycles. The van der Waals surface area contributed by atoms with Gasteiger partial charge < -0.3 is 5.11 Å². The van der Waals surface area contributed by atoms with Gasteiger partial charge in [-0.05, 0) is 84.8 Å². The minimum Gasteiger partial charge on any atom is -0.478 e. The van der Waals surface area contributed by atoms with E-state index >= 15 is 0 Å². The molecule has 0 amide bonds. The van der Waals surface area contributed by atoms with Crippen LogP contribution in [0.3, 0.4) is 0 Å². The molecular weight excluding hydrogens is 411 g/mol. The number of unbranched alkanes of at least 4 members (excludes halogenated alkanes) is 3. The van der Waals surface area contributed by atoms with E-state index in [4.69, 9.17) is 0 Å². The zero-order chi connectivity index (χ0) is 23.6. The summed E-state index contributed by atoms with van der Waals surface area (Å²) in [7, 11) is 0. The van der Waals surface area contributed by atoms with Gasteiger partial charge in [-0.2, -0.15) is 0 Å². The average Bonchev–Trinajstić information content (AvgIpc) is 2.82. The zero-order valence-corrected chi connectivity index (χ0v) is 20.3. The summed E-state index contributed by atoms with van der Waals surface area (Å²) in [6.07, 6.45) is 13.8. The lowest BCUT2D eigenvalue weighted by atomic mass is 9.76. The Kier molecular flexibility index (Phi) is 9.72. The first-order valence-electron chi connectivity index (χ1n) is 12.9. The van der Waals surface area contributed by atoms with Crippen LogP contribution in [0.1, 0.15) is 112 Å². The summed E-state index contributed by atoms with van der Waals surface area (Å²) >= 11 is 0. The maximum atomic E-state index is 14.2. The third-order valence-electron chi connectivity index (χ3n) is 7.10. The van der Waals surface area contributed by atoms with Gasteiger partial charge in [-0.25, -0.2) is 9.18 Å². The topological polar surface area (TPSA) is 37.3 Å². The second kappa shape index (κ2) is 12.7. The van der Waals surface area contributed by atoms with Gasteiger partial charge in [-0.15, -0.1) is 0 Å². The van der Waals surface area contributed by atoms with Crippen molar-refractivity contribution in [1.29, 1.82) is 0 Å². The highest BCUT2D eigenvalue weighted by molar-refractivity contribution is 5.96. The summed E-state index contributed by atoms with van der Waals surface area (Å²) in [5, 5.41) is 9.76. The van der Waals surface area contributed by atoms with Crippen molar-refractivity contribution in [3.8, 4) is 11.1 Å². The Morgan fingerprint density at radius 3 is 2.33 bits per heavy atom. The molecule has 0 aromatic heterocycles. The van der Waals surface area contributed by atoms with Gasteiger partial charge in [0.15, 0.2) is 0 Å². The van der Waals surface area contributed by atoms with Crippen molar-refractivity contribution in [1.82, 2.24) is 0 Å². The molecule has 1 aliphatic rings. The number of carboxylic acid groups (broad SMARTS) is 1. The van der Waals surface area contributed by atoms with Gasteiger partial charge in [0.1, 0.15) is 5.83 Å². The van der Waals surface area contributed by atoms with Crippen LogP contribution in [0.15, 0.2) is 48.3 Å². The molecule has 0 saturated heterocycles. The first-order chi connectivity index (χ1) is 16.0. The quantitative estimate of drug-likeness (QED) is 0.346. The fourth-order valence-corrected chi connectivity index (χ4v) is 5.17. The lowest BCUT2D eigenvalue weighted by Gasteiger charge is -2.29. The molecule has 0 bridgehead atoms. The van der Waals surface area contributed by atoms with Crippen molar-refractivity contribution >= 4 is 12.0 Å². The molecule has 0 atom stereocenters. The molecule has 3 heteroatoms. The second-order valence-electron chi connectivity index (χ2n) is 9.64. The number of hydrogen-bond acceptors (Lipinski definition) is 1. The third kappa shape index (κ3) is 7.28. The Hall–Kier alpha value is -2.42. The van der Waals surface area contributed by atoms with Crippen LogP contribution in [0.5, 0.6) is 0 Å². The Morgan fingerprint density at radius 1 is 0.970 bits per heavy atom. The van der Waals surface area contributed by atoms with E-state index in [1.807, 2.05) is 30.3 Å². The molecule has 1 aliphatic carbocycles. The molecule has 0 unspecified atom stereocenters. The summed E-state index contributed by atoms with van der Waals surface area (Å²) in [5.41, 5.74) is 4.01. The Balaban J connectivity index is 1.76. The molecule has 2 aromatic rings. The highest BCUT2D eigenvalue weighted by Gasteiger charge is 2.23. The number of rotatable bonds is 11. The monoisotopic (exact) mass is 450 g/mol. The Bertz CT molecular complexity index is 921. The molecule has 1 saturated carbocycles. The summed E-state index contributed by atoms with van der Waals surface area (Å²) in [6, 6.07) is 13.4. The number of carboxylic acids is 1. The van der Waals surface area contributed by atoms with Gasteiger partial charge >= 0.3 is 5.97 Å². The number of hydrogen-bond donors (Lipinski definition) is 1. The lowest BCUT2D eigenvalue weighted by molar-refractivity contribution is 0.0697. The van der Waals surface area contributed by atoms with E-state index < -0.39 is 5.97 Å². The van der Waals surface area contributed by atoms with Crippen LogP contribution in [-0.2, 0) is 0 Å². The van der Waals surface area contributed by atoms with E-state index in [9.17, 15) is 14.3 Å². The molecule has 1 fully saturated rings. The predicted molar refractivity (Wildman–Crippen MR) is 136 cm³/mol. The van der Waals surface area contributed by atoms with E-state index in [-0.39, 0.29) is 5.83 Å². The average molecular weight is 451 g/mol. The summed E-state index contributed by atoms with van der Waals surface area (Å²) in [4.78, 5) is 11.9. The van der Waals surface area contributed by atoms with E-state index in [0.717, 1.165) is 48.3 Å². The van der Waals surface area contributed by atoms with Gasteiger partial charge in [0.25, 0.3) is 0 Å². The molecule has 0 spiro atoms. The van der Waals surface area contributed by atoms with Crippen molar-refractivity contribution in [2.45, 2.75) is 90.4 Å². The summed E-state index contributed by atoms with van der Waals surface area (Å²) in [5.74, 6) is 0.344. The number of halogens is 1. The SMILES string of the molecule is CCCCCC/C(F)=C\c1ccc(-c2cc(C3CCC(CCC)CC3)ccc2C(=O)O)cc1. The second-order valence-corrected chi connectivity index (χ2v) is 9.64. The number of aromatic carboxylic acids is 1. The normalized spacial score (nSPS) is 18.9. The van der Waals surface area contributed by atoms with Crippen molar-refractivity contribution < 1.29 is 14.3 Å². The minimum absolute atomic E-state index is 0.0919.